The quantitative estimate of drug-likeness (QED) is 0.782. The molecule has 0 atom stereocenters. The molecule has 0 amide bonds. The van der Waals surface area contributed by atoms with Crippen molar-refractivity contribution in [2.75, 3.05) is 11.1 Å². The SMILES string of the molecule is Cc1nc(Cl)c(N)c(Nc2ccc(OC(F)F)cc2Br)n1. The highest BCUT2D eigenvalue weighted by atomic mass is 79.9. The highest BCUT2D eigenvalue weighted by molar-refractivity contribution is 9.10. The van der Waals surface area contributed by atoms with Gasteiger partial charge in [-0.2, -0.15) is 8.78 Å². The summed E-state index contributed by atoms with van der Waals surface area (Å²) in [5, 5.41) is 3.09. The van der Waals surface area contributed by atoms with Gasteiger partial charge >= 0.3 is 6.61 Å². The first kappa shape index (κ1) is 15.7. The minimum Gasteiger partial charge on any atom is -0.435 e. The van der Waals surface area contributed by atoms with E-state index in [-0.39, 0.29) is 16.6 Å². The second-order valence-corrected chi connectivity index (χ2v) is 5.18. The summed E-state index contributed by atoms with van der Waals surface area (Å²) in [5.41, 5.74) is 6.55. The van der Waals surface area contributed by atoms with Crippen LogP contribution in [0.25, 0.3) is 0 Å². The molecule has 2 rings (SSSR count). The van der Waals surface area contributed by atoms with Gasteiger partial charge in [-0.15, -0.1) is 0 Å². The molecule has 9 heteroatoms. The number of anilines is 3. The summed E-state index contributed by atoms with van der Waals surface area (Å²) in [6, 6.07) is 4.35. The fraction of sp³-hybridized carbons (Fsp3) is 0.167. The number of nitrogens with zero attached hydrogens (tertiary/aromatic N) is 2. The van der Waals surface area contributed by atoms with Crippen molar-refractivity contribution in [3.8, 4) is 5.75 Å². The minimum atomic E-state index is -2.88. The van der Waals surface area contributed by atoms with Crippen molar-refractivity contribution < 1.29 is 13.5 Å². The molecular weight excluding hydrogens is 370 g/mol. The van der Waals surface area contributed by atoms with Gasteiger partial charge in [0, 0.05) is 4.47 Å². The van der Waals surface area contributed by atoms with Crippen LogP contribution in [0.15, 0.2) is 22.7 Å². The van der Waals surface area contributed by atoms with E-state index in [0.717, 1.165) is 0 Å². The number of hydrogen-bond acceptors (Lipinski definition) is 5. The molecule has 0 aliphatic carbocycles. The van der Waals surface area contributed by atoms with E-state index in [1.807, 2.05) is 0 Å². The number of ether oxygens (including phenoxy) is 1. The molecular formula is C12H10BrClF2N4O. The molecule has 0 saturated heterocycles. The molecule has 0 spiro atoms. The number of benzene rings is 1. The monoisotopic (exact) mass is 378 g/mol. The van der Waals surface area contributed by atoms with Gasteiger partial charge in [-0.3, -0.25) is 0 Å². The van der Waals surface area contributed by atoms with Gasteiger partial charge in [0.2, 0.25) is 0 Å². The van der Waals surface area contributed by atoms with Gasteiger partial charge < -0.3 is 15.8 Å². The van der Waals surface area contributed by atoms with Crippen LogP contribution in [0.3, 0.4) is 0 Å². The average molecular weight is 380 g/mol. The average Bonchev–Trinajstić information content (AvgIpc) is 2.37. The minimum absolute atomic E-state index is 0.0345. The van der Waals surface area contributed by atoms with Crippen molar-refractivity contribution >= 4 is 44.7 Å². The first-order valence-electron chi connectivity index (χ1n) is 5.68. The van der Waals surface area contributed by atoms with Crippen LogP contribution < -0.4 is 15.8 Å². The number of hydrogen-bond donors (Lipinski definition) is 2. The molecule has 0 saturated carbocycles. The van der Waals surface area contributed by atoms with Crippen LogP contribution >= 0.6 is 27.5 Å². The first-order chi connectivity index (χ1) is 9.86. The third-order valence-electron chi connectivity index (χ3n) is 2.43. The Morgan fingerprint density at radius 1 is 1.38 bits per heavy atom. The van der Waals surface area contributed by atoms with Crippen LogP contribution in [0.4, 0.5) is 26.0 Å². The van der Waals surface area contributed by atoms with Crippen LogP contribution in [0, 0.1) is 6.92 Å². The fourth-order valence-corrected chi connectivity index (χ4v) is 2.21. The van der Waals surface area contributed by atoms with E-state index in [1.165, 1.54) is 12.1 Å². The molecule has 1 aromatic carbocycles. The third-order valence-corrected chi connectivity index (χ3v) is 3.37. The van der Waals surface area contributed by atoms with Crippen LogP contribution in [0.5, 0.6) is 5.75 Å². The van der Waals surface area contributed by atoms with E-state index in [9.17, 15) is 8.78 Å². The van der Waals surface area contributed by atoms with Gasteiger partial charge in [-0.25, -0.2) is 9.97 Å². The standard InChI is InChI=1S/C12H10BrClF2N4O/c1-5-18-10(14)9(17)11(19-5)20-8-3-2-6(4-7(8)13)21-12(15)16/h2-4,12H,17H2,1H3,(H,18,19,20). The normalized spacial score (nSPS) is 10.8. The Morgan fingerprint density at radius 2 is 2.10 bits per heavy atom. The van der Waals surface area contributed by atoms with Crippen LogP contribution in [0.2, 0.25) is 5.15 Å². The van der Waals surface area contributed by atoms with Crippen molar-refractivity contribution in [3.05, 3.63) is 33.6 Å². The highest BCUT2D eigenvalue weighted by Crippen LogP contribution is 2.32. The lowest BCUT2D eigenvalue weighted by Crippen LogP contribution is -2.05. The topological polar surface area (TPSA) is 73.1 Å². The second-order valence-electron chi connectivity index (χ2n) is 3.97. The van der Waals surface area contributed by atoms with E-state index in [4.69, 9.17) is 17.3 Å². The molecule has 0 fully saturated rings. The molecule has 5 nitrogen and oxygen atoms in total. The smallest absolute Gasteiger partial charge is 0.387 e. The first-order valence-corrected chi connectivity index (χ1v) is 6.85. The fourth-order valence-electron chi connectivity index (χ4n) is 1.54. The lowest BCUT2D eigenvalue weighted by molar-refractivity contribution is -0.0498. The van der Waals surface area contributed by atoms with Crippen molar-refractivity contribution in [3.63, 3.8) is 0 Å². The highest BCUT2D eigenvalue weighted by Gasteiger charge is 2.11. The lowest BCUT2D eigenvalue weighted by Gasteiger charge is -2.12. The summed E-state index contributed by atoms with van der Waals surface area (Å²) in [7, 11) is 0. The van der Waals surface area contributed by atoms with Crippen molar-refractivity contribution in [2.24, 2.45) is 0 Å². The summed E-state index contributed by atoms with van der Waals surface area (Å²) in [6.07, 6.45) is 0. The van der Waals surface area contributed by atoms with Gasteiger partial charge in [-0.1, -0.05) is 11.6 Å². The van der Waals surface area contributed by atoms with Crippen LogP contribution in [-0.4, -0.2) is 16.6 Å². The number of halogens is 4. The molecule has 0 aliphatic heterocycles. The van der Waals surface area contributed by atoms with Crippen molar-refractivity contribution in [2.45, 2.75) is 13.5 Å². The third kappa shape index (κ3) is 3.92. The summed E-state index contributed by atoms with van der Waals surface area (Å²) in [4.78, 5) is 8.06. The number of nitrogen functional groups attached to an aromatic ring is 1. The molecule has 2 aromatic rings. The molecule has 0 radical (unpaired) electrons. The van der Waals surface area contributed by atoms with E-state index in [0.29, 0.717) is 21.8 Å². The summed E-state index contributed by atoms with van der Waals surface area (Å²) >= 11 is 9.13. The predicted octanol–water partition coefficient (Wildman–Crippen LogP) is 4.13. The largest absolute Gasteiger partial charge is 0.435 e. The molecule has 21 heavy (non-hydrogen) atoms. The molecule has 1 heterocycles. The Bertz CT molecular complexity index is 672. The second kappa shape index (κ2) is 6.40. The summed E-state index contributed by atoms with van der Waals surface area (Å²) in [6.45, 7) is -1.21. The Balaban J connectivity index is 2.28. The van der Waals surface area contributed by atoms with E-state index < -0.39 is 6.61 Å². The lowest BCUT2D eigenvalue weighted by atomic mass is 10.3. The van der Waals surface area contributed by atoms with Gasteiger partial charge in [0.25, 0.3) is 0 Å². The maximum Gasteiger partial charge on any atom is 0.387 e. The predicted molar refractivity (Wildman–Crippen MR) is 80.2 cm³/mol. The maximum atomic E-state index is 12.1. The Morgan fingerprint density at radius 3 is 2.71 bits per heavy atom. The van der Waals surface area contributed by atoms with Crippen LogP contribution in [-0.2, 0) is 0 Å². The van der Waals surface area contributed by atoms with E-state index >= 15 is 0 Å². The number of rotatable bonds is 4. The van der Waals surface area contributed by atoms with Gasteiger partial charge in [0.05, 0.1) is 5.69 Å². The van der Waals surface area contributed by atoms with E-state index in [2.05, 4.69) is 36.0 Å². The zero-order chi connectivity index (χ0) is 15.6. The zero-order valence-electron chi connectivity index (χ0n) is 10.7. The summed E-state index contributed by atoms with van der Waals surface area (Å²) in [5.74, 6) is 0.813. The molecule has 0 bridgehead atoms. The van der Waals surface area contributed by atoms with Crippen LogP contribution in [0.1, 0.15) is 5.82 Å². The Hall–Kier alpha value is -1.67. The molecule has 1 aromatic heterocycles. The number of nitrogens with one attached hydrogen (secondary N) is 1. The zero-order valence-corrected chi connectivity index (χ0v) is 13.0. The van der Waals surface area contributed by atoms with Gasteiger partial charge in [-0.05, 0) is 41.1 Å². The number of aryl methyl sites for hydroxylation is 1. The Kier molecular flexibility index (Phi) is 4.79. The van der Waals surface area contributed by atoms with Gasteiger partial charge in [0.15, 0.2) is 11.0 Å². The number of alkyl halides is 2. The molecule has 0 unspecified atom stereocenters. The number of aromatic nitrogens is 2. The van der Waals surface area contributed by atoms with Gasteiger partial charge in [0.1, 0.15) is 17.3 Å². The molecule has 112 valence electrons. The maximum absolute atomic E-state index is 12.1. The van der Waals surface area contributed by atoms with E-state index in [1.54, 1.807) is 13.0 Å². The molecule has 0 aliphatic rings. The summed E-state index contributed by atoms with van der Waals surface area (Å²) < 4.78 is 29.1. The molecule has 3 N–H and O–H groups in total. The number of nitrogens with two attached hydrogens (primary N) is 1. The Labute approximate surface area is 132 Å². The van der Waals surface area contributed by atoms with Crippen molar-refractivity contribution in [1.82, 2.24) is 9.97 Å². The van der Waals surface area contributed by atoms with Crippen molar-refractivity contribution in [1.29, 1.82) is 0 Å².